The minimum Gasteiger partial charge on any atom is -0.492 e. The molecule has 0 N–H and O–H groups in total. The van der Waals surface area contributed by atoms with Gasteiger partial charge in [-0.2, -0.15) is 0 Å². The topological polar surface area (TPSA) is 9.23 Å². The van der Waals surface area contributed by atoms with E-state index in [-0.39, 0.29) is 11.2 Å². The molecule has 0 aromatic heterocycles. The van der Waals surface area contributed by atoms with Gasteiger partial charge >= 0.3 is 0 Å². The summed E-state index contributed by atoms with van der Waals surface area (Å²) >= 11 is 3.25. The fourth-order valence-electron chi connectivity index (χ4n) is 2.01. The van der Waals surface area contributed by atoms with Crippen LogP contribution in [-0.4, -0.2) is 6.61 Å². The van der Waals surface area contributed by atoms with E-state index in [0.29, 0.717) is 6.61 Å². The Morgan fingerprint density at radius 1 is 1.38 bits per heavy atom. The lowest BCUT2D eigenvalue weighted by molar-refractivity contribution is 0.323. The van der Waals surface area contributed by atoms with Gasteiger partial charge in [0.15, 0.2) is 0 Å². The number of halogens is 2. The van der Waals surface area contributed by atoms with E-state index in [1.807, 2.05) is 6.07 Å². The number of rotatable bonds is 0. The van der Waals surface area contributed by atoms with Gasteiger partial charge in [-0.3, -0.25) is 0 Å². The third kappa shape index (κ3) is 0.966. The van der Waals surface area contributed by atoms with E-state index < -0.39 is 0 Å². The number of benzene rings is 1. The van der Waals surface area contributed by atoms with Crippen molar-refractivity contribution in [3.05, 3.63) is 28.0 Å². The molecule has 1 aliphatic heterocycles. The summed E-state index contributed by atoms with van der Waals surface area (Å²) in [5.74, 6) is 0.601. The Labute approximate surface area is 84.0 Å². The van der Waals surface area contributed by atoms with E-state index in [4.69, 9.17) is 4.74 Å². The normalized spacial score (nSPS) is 21.4. The first-order valence-corrected chi connectivity index (χ1v) is 5.13. The summed E-state index contributed by atoms with van der Waals surface area (Å²) in [6, 6.07) is 3.37. The van der Waals surface area contributed by atoms with Gasteiger partial charge in [0.05, 0.1) is 6.61 Å². The fraction of sp³-hybridized carbons (Fsp3) is 0.400. The first-order valence-electron chi connectivity index (χ1n) is 4.34. The van der Waals surface area contributed by atoms with Crippen LogP contribution in [-0.2, 0) is 5.41 Å². The highest BCUT2D eigenvalue weighted by atomic mass is 79.9. The highest BCUT2D eigenvalue weighted by molar-refractivity contribution is 9.10. The lowest BCUT2D eigenvalue weighted by Crippen LogP contribution is -2.08. The molecule has 2 aliphatic rings. The SMILES string of the molecule is Fc1cc(Br)cc2c1C1(CC1)CO2. The molecule has 1 aromatic rings. The molecular weight excluding hydrogens is 235 g/mol. The third-order valence-corrected chi connectivity index (χ3v) is 3.36. The first-order chi connectivity index (χ1) is 6.21. The maximum Gasteiger partial charge on any atom is 0.131 e. The van der Waals surface area contributed by atoms with Crippen molar-refractivity contribution >= 4 is 15.9 Å². The van der Waals surface area contributed by atoms with Crippen molar-refractivity contribution in [2.24, 2.45) is 0 Å². The predicted molar refractivity (Wildman–Crippen MR) is 50.5 cm³/mol. The van der Waals surface area contributed by atoms with Crippen molar-refractivity contribution in [1.82, 2.24) is 0 Å². The average Bonchev–Trinajstić information content (AvgIpc) is 2.70. The van der Waals surface area contributed by atoms with Crippen molar-refractivity contribution in [2.45, 2.75) is 18.3 Å². The van der Waals surface area contributed by atoms with E-state index in [1.54, 1.807) is 0 Å². The summed E-state index contributed by atoms with van der Waals surface area (Å²) < 4.78 is 19.8. The molecular formula is C10H8BrFO. The van der Waals surface area contributed by atoms with Gasteiger partial charge in [0.25, 0.3) is 0 Å². The van der Waals surface area contributed by atoms with Gasteiger partial charge in [-0.05, 0) is 25.0 Å². The van der Waals surface area contributed by atoms with Crippen molar-refractivity contribution in [3.63, 3.8) is 0 Å². The van der Waals surface area contributed by atoms with Crippen LogP contribution in [0.4, 0.5) is 4.39 Å². The zero-order valence-corrected chi connectivity index (χ0v) is 8.53. The van der Waals surface area contributed by atoms with E-state index in [9.17, 15) is 4.39 Å². The summed E-state index contributed by atoms with van der Waals surface area (Å²) in [4.78, 5) is 0. The quantitative estimate of drug-likeness (QED) is 0.680. The maximum atomic E-state index is 13.6. The van der Waals surface area contributed by atoms with Crippen LogP contribution in [0.3, 0.4) is 0 Å². The largest absolute Gasteiger partial charge is 0.492 e. The number of hydrogen-bond acceptors (Lipinski definition) is 1. The molecule has 0 amide bonds. The Hall–Kier alpha value is -0.570. The van der Waals surface area contributed by atoms with Gasteiger partial charge < -0.3 is 4.74 Å². The summed E-state index contributed by atoms with van der Waals surface area (Å²) in [6.07, 6.45) is 2.14. The zero-order chi connectivity index (χ0) is 9.05. The Kier molecular flexibility index (Phi) is 1.36. The molecule has 1 nitrogen and oxygen atoms in total. The van der Waals surface area contributed by atoms with Gasteiger partial charge in [0.2, 0.25) is 0 Å². The molecule has 0 radical (unpaired) electrons. The van der Waals surface area contributed by atoms with Gasteiger partial charge in [0.1, 0.15) is 11.6 Å². The Balaban J connectivity index is 2.25. The van der Waals surface area contributed by atoms with Gasteiger partial charge in [0, 0.05) is 15.5 Å². The Morgan fingerprint density at radius 3 is 2.85 bits per heavy atom. The van der Waals surface area contributed by atoms with Crippen LogP contribution in [0.2, 0.25) is 0 Å². The van der Waals surface area contributed by atoms with Gasteiger partial charge in [-0.1, -0.05) is 15.9 Å². The van der Waals surface area contributed by atoms with Gasteiger partial charge in [-0.25, -0.2) is 4.39 Å². The molecule has 1 aliphatic carbocycles. The number of hydrogen-bond donors (Lipinski definition) is 0. The maximum absolute atomic E-state index is 13.6. The van der Waals surface area contributed by atoms with Crippen LogP contribution in [0.25, 0.3) is 0 Å². The standard InChI is InChI=1S/C10H8BrFO/c11-6-3-7(12)9-8(4-6)13-5-10(9)1-2-10/h3-4H,1-2,5H2. The lowest BCUT2D eigenvalue weighted by atomic mass is 9.98. The van der Waals surface area contributed by atoms with Gasteiger partial charge in [-0.15, -0.1) is 0 Å². The van der Waals surface area contributed by atoms with E-state index in [2.05, 4.69) is 15.9 Å². The molecule has 68 valence electrons. The smallest absolute Gasteiger partial charge is 0.131 e. The van der Waals surface area contributed by atoms with Crippen LogP contribution >= 0.6 is 15.9 Å². The molecule has 13 heavy (non-hydrogen) atoms. The zero-order valence-electron chi connectivity index (χ0n) is 6.94. The molecule has 1 heterocycles. The van der Waals surface area contributed by atoms with Crippen molar-refractivity contribution < 1.29 is 9.13 Å². The predicted octanol–water partition coefficient (Wildman–Crippen LogP) is 3.01. The van der Waals surface area contributed by atoms with E-state index >= 15 is 0 Å². The van der Waals surface area contributed by atoms with Crippen molar-refractivity contribution in [3.8, 4) is 5.75 Å². The molecule has 0 atom stereocenters. The van der Waals surface area contributed by atoms with Crippen molar-refractivity contribution in [1.29, 1.82) is 0 Å². The molecule has 1 aromatic carbocycles. The molecule has 3 rings (SSSR count). The van der Waals surface area contributed by atoms with Crippen molar-refractivity contribution in [2.75, 3.05) is 6.61 Å². The minimum absolute atomic E-state index is 0.0418. The van der Waals surface area contributed by atoms with Crippen LogP contribution in [0.5, 0.6) is 5.75 Å². The number of ether oxygens (including phenoxy) is 1. The molecule has 0 saturated heterocycles. The number of fused-ring (bicyclic) bond motifs is 2. The van der Waals surface area contributed by atoms with Crippen LogP contribution in [0.15, 0.2) is 16.6 Å². The highest BCUT2D eigenvalue weighted by Gasteiger charge is 2.52. The highest BCUT2D eigenvalue weighted by Crippen LogP contribution is 2.56. The van der Waals surface area contributed by atoms with E-state index in [1.165, 1.54) is 6.07 Å². The lowest BCUT2D eigenvalue weighted by Gasteiger charge is -2.04. The Bertz CT molecular complexity index is 385. The Morgan fingerprint density at radius 2 is 2.15 bits per heavy atom. The average molecular weight is 243 g/mol. The molecule has 1 spiro atoms. The first kappa shape index (κ1) is 7.80. The summed E-state index contributed by atoms with van der Waals surface area (Å²) in [5.41, 5.74) is 0.843. The molecule has 0 unspecified atom stereocenters. The fourth-order valence-corrected chi connectivity index (χ4v) is 2.42. The minimum atomic E-state index is -0.126. The van der Waals surface area contributed by atoms with E-state index in [0.717, 1.165) is 28.6 Å². The van der Waals surface area contributed by atoms with Crippen LogP contribution < -0.4 is 4.74 Å². The monoisotopic (exact) mass is 242 g/mol. The third-order valence-electron chi connectivity index (χ3n) is 2.91. The molecule has 1 fully saturated rings. The second kappa shape index (κ2) is 2.27. The second-order valence-electron chi connectivity index (χ2n) is 3.83. The van der Waals surface area contributed by atoms with Crippen LogP contribution in [0.1, 0.15) is 18.4 Å². The summed E-state index contributed by atoms with van der Waals surface area (Å²) in [7, 11) is 0. The summed E-state index contributed by atoms with van der Waals surface area (Å²) in [6.45, 7) is 0.662. The summed E-state index contributed by atoms with van der Waals surface area (Å²) in [5, 5.41) is 0. The molecule has 1 saturated carbocycles. The molecule has 3 heteroatoms. The van der Waals surface area contributed by atoms with Crippen LogP contribution in [0, 0.1) is 5.82 Å². The second-order valence-corrected chi connectivity index (χ2v) is 4.75. The molecule has 0 bridgehead atoms.